The lowest BCUT2D eigenvalue weighted by Crippen LogP contribution is -2.23. The Bertz CT molecular complexity index is 603. The topological polar surface area (TPSA) is 12.0 Å². The van der Waals surface area contributed by atoms with Gasteiger partial charge in [0.2, 0.25) is 0 Å². The van der Waals surface area contributed by atoms with Gasteiger partial charge in [-0.15, -0.1) is 0 Å². The minimum absolute atomic E-state index is 0.228. The highest BCUT2D eigenvalue weighted by Crippen LogP contribution is 2.30. The maximum absolute atomic E-state index is 13.6. The van der Waals surface area contributed by atoms with E-state index in [1.807, 2.05) is 24.3 Å². The number of likely N-dealkylation sites (N-methyl/N-ethyl adjacent to an activating group) is 1. The predicted molar refractivity (Wildman–Crippen MR) is 90.5 cm³/mol. The summed E-state index contributed by atoms with van der Waals surface area (Å²) >= 11 is 9.69. The van der Waals surface area contributed by atoms with E-state index < -0.39 is 0 Å². The maximum Gasteiger partial charge on any atom is 0.142 e. The van der Waals surface area contributed by atoms with Crippen LogP contribution in [0.2, 0.25) is 5.02 Å². The quantitative estimate of drug-likeness (QED) is 0.739. The Morgan fingerprint density at radius 2 is 1.95 bits per heavy atom. The second kappa shape index (κ2) is 7.92. The molecule has 1 N–H and O–H groups in total. The summed E-state index contributed by atoms with van der Waals surface area (Å²) in [6.07, 6.45) is 0.701. The van der Waals surface area contributed by atoms with Crippen LogP contribution in [0.5, 0.6) is 0 Å². The van der Waals surface area contributed by atoms with Crippen LogP contribution < -0.4 is 5.32 Å². The van der Waals surface area contributed by atoms with E-state index in [9.17, 15) is 4.39 Å². The van der Waals surface area contributed by atoms with Crippen molar-refractivity contribution in [2.24, 2.45) is 0 Å². The smallest absolute Gasteiger partial charge is 0.142 e. The van der Waals surface area contributed by atoms with Gasteiger partial charge in [0.05, 0.1) is 5.02 Å². The van der Waals surface area contributed by atoms with Crippen molar-refractivity contribution >= 4 is 27.5 Å². The van der Waals surface area contributed by atoms with Crippen LogP contribution in [0.1, 0.15) is 24.0 Å². The van der Waals surface area contributed by atoms with E-state index in [0.717, 1.165) is 23.1 Å². The standard InChI is InChI=1S/C17H18BrClFN/c1-2-21-11-13(14-7-3-4-8-15(14)18)10-12-6-5-9-16(20)17(12)19/h3-9,13,21H,2,10-11H2,1H3. The summed E-state index contributed by atoms with van der Waals surface area (Å²) in [4.78, 5) is 0. The van der Waals surface area contributed by atoms with Crippen LogP contribution in [0.3, 0.4) is 0 Å². The summed E-state index contributed by atoms with van der Waals surface area (Å²) in [5.41, 5.74) is 2.05. The van der Waals surface area contributed by atoms with Gasteiger partial charge in [-0.3, -0.25) is 0 Å². The maximum atomic E-state index is 13.6. The highest BCUT2D eigenvalue weighted by Gasteiger charge is 2.17. The van der Waals surface area contributed by atoms with Crippen molar-refractivity contribution in [1.82, 2.24) is 5.32 Å². The zero-order valence-corrected chi connectivity index (χ0v) is 14.2. The minimum Gasteiger partial charge on any atom is -0.316 e. The molecule has 2 aromatic rings. The summed E-state index contributed by atoms with van der Waals surface area (Å²) in [6.45, 7) is 3.80. The number of rotatable bonds is 6. The molecule has 112 valence electrons. The largest absolute Gasteiger partial charge is 0.316 e. The van der Waals surface area contributed by atoms with Crippen LogP contribution in [0.15, 0.2) is 46.9 Å². The molecule has 4 heteroatoms. The van der Waals surface area contributed by atoms with Crippen molar-refractivity contribution in [3.63, 3.8) is 0 Å². The first-order valence-electron chi connectivity index (χ1n) is 7.01. The summed E-state index contributed by atoms with van der Waals surface area (Å²) in [7, 11) is 0. The SMILES string of the molecule is CCNCC(Cc1cccc(F)c1Cl)c1ccccc1Br. The molecule has 0 aliphatic heterocycles. The van der Waals surface area contributed by atoms with E-state index >= 15 is 0 Å². The molecule has 0 aliphatic carbocycles. The van der Waals surface area contributed by atoms with Gasteiger partial charge < -0.3 is 5.32 Å². The molecule has 0 saturated heterocycles. The van der Waals surface area contributed by atoms with Crippen molar-refractivity contribution in [3.05, 3.63) is 68.9 Å². The molecule has 0 bridgehead atoms. The molecule has 0 saturated carbocycles. The molecule has 0 aliphatic rings. The fraction of sp³-hybridized carbons (Fsp3) is 0.294. The van der Waals surface area contributed by atoms with Gasteiger partial charge in [0.15, 0.2) is 0 Å². The summed E-state index contributed by atoms with van der Waals surface area (Å²) in [6, 6.07) is 13.1. The van der Waals surface area contributed by atoms with Gasteiger partial charge in [0, 0.05) is 16.9 Å². The van der Waals surface area contributed by atoms with Crippen LogP contribution in [0.4, 0.5) is 4.39 Å². The second-order valence-corrected chi connectivity index (χ2v) is 6.18. The number of halogens is 3. The summed E-state index contributed by atoms with van der Waals surface area (Å²) < 4.78 is 14.7. The third-order valence-corrected chi connectivity index (χ3v) is 4.63. The van der Waals surface area contributed by atoms with E-state index in [1.54, 1.807) is 6.07 Å². The van der Waals surface area contributed by atoms with Crippen molar-refractivity contribution in [2.45, 2.75) is 19.3 Å². The fourth-order valence-corrected chi connectivity index (χ4v) is 3.20. The van der Waals surface area contributed by atoms with Gasteiger partial charge in [-0.25, -0.2) is 4.39 Å². The average Bonchev–Trinajstić information content (AvgIpc) is 2.48. The van der Waals surface area contributed by atoms with Gasteiger partial charge >= 0.3 is 0 Å². The number of hydrogen-bond donors (Lipinski definition) is 1. The molecule has 1 atom stereocenters. The molecule has 0 spiro atoms. The van der Waals surface area contributed by atoms with Crippen LogP contribution in [0, 0.1) is 5.82 Å². The second-order valence-electron chi connectivity index (χ2n) is 4.94. The van der Waals surface area contributed by atoms with E-state index in [0.29, 0.717) is 6.42 Å². The summed E-state index contributed by atoms with van der Waals surface area (Å²) in [5, 5.41) is 3.60. The van der Waals surface area contributed by atoms with Crippen molar-refractivity contribution in [2.75, 3.05) is 13.1 Å². The third kappa shape index (κ3) is 4.29. The molecule has 2 aromatic carbocycles. The monoisotopic (exact) mass is 369 g/mol. The van der Waals surface area contributed by atoms with Crippen LogP contribution in [0.25, 0.3) is 0 Å². The van der Waals surface area contributed by atoms with E-state index in [2.05, 4.69) is 34.2 Å². The van der Waals surface area contributed by atoms with E-state index in [4.69, 9.17) is 11.6 Å². The van der Waals surface area contributed by atoms with Crippen molar-refractivity contribution < 1.29 is 4.39 Å². The first kappa shape index (κ1) is 16.5. The lowest BCUT2D eigenvalue weighted by molar-refractivity contribution is 0.587. The Morgan fingerprint density at radius 3 is 2.67 bits per heavy atom. The first-order chi connectivity index (χ1) is 10.1. The molecule has 0 aromatic heterocycles. The highest BCUT2D eigenvalue weighted by molar-refractivity contribution is 9.10. The van der Waals surface area contributed by atoms with Gasteiger partial charge in [-0.2, -0.15) is 0 Å². The molecule has 1 unspecified atom stereocenters. The third-order valence-electron chi connectivity index (χ3n) is 3.48. The van der Waals surface area contributed by atoms with Gasteiger partial charge in [0.25, 0.3) is 0 Å². The zero-order chi connectivity index (χ0) is 15.2. The summed E-state index contributed by atoms with van der Waals surface area (Å²) in [5.74, 6) is -0.122. The average molecular weight is 371 g/mol. The zero-order valence-electron chi connectivity index (χ0n) is 11.9. The normalized spacial score (nSPS) is 12.4. The molecule has 0 heterocycles. The molecule has 1 nitrogen and oxygen atoms in total. The highest BCUT2D eigenvalue weighted by atomic mass is 79.9. The Balaban J connectivity index is 2.28. The number of nitrogens with one attached hydrogen (secondary N) is 1. The minimum atomic E-state index is -0.358. The van der Waals surface area contributed by atoms with Crippen LogP contribution >= 0.6 is 27.5 Å². The number of hydrogen-bond acceptors (Lipinski definition) is 1. The molecule has 21 heavy (non-hydrogen) atoms. The first-order valence-corrected chi connectivity index (χ1v) is 8.18. The van der Waals surface area contributed by atoms with Gasteiger partial charge in [0.1, 0.15) is 5.82 Å². The lowest BCUT2D eigenvalue weighted by Gasteiger charge is -2.20. The molecule has 0 amide bonds. The van der Waals surface area contributed by atoms with E-state index in [-0.39, 0.29) is 16.8 Å². The predicted octanol–water partition coefficient (Wildman–Crippen LogP) is 5.18. The van der Waals surface area contributed by atoms with Gasteiger partial charge in [-0.1, -0.05) is 64.8 Å². The van der Waals surface area contributed by atoms with Crippen LogP contribution in [-0.2, 0) is 6.42 Å². The Hall–Kier alpha value is -0.900. The Kier molecular flexibility index (Phi) is 6.22. The van der Waals surface area contributed by atoms with Gasteiger partial charge in [-0.05, 0) is 36.2 Å². The molecule has 0 radical (unpaired) electrons. The fourth-order valence-electron chi connectivity index (χ4n) is 2.39. The number of benzene rings is 2. The van der Waals surface area contributed by atoms with Crippen molar-refractivity contribution in [1.29, 1.82) is 0 Å². The van der Waals surface area contributed by atoms with Crippen LogP contribution in [-0.4, -0.2) is 13.1 Å². The molecule has 2 rings (SSSR count). The molecular formula is C17H18BrClFN. The molecular weight excluding hydrogens is 353 g/mol. The Labute approximate surface area is 138 Å². The van der Waals surface area contributed by atoms with E-state index in [1.165, 1.54) is 11.6 Å². The molecule has 0 fully saturated rings. The lowest BCUT2D eigenvalue weighted by atomic mass is 9.91. The Morgan fingerprint density at radius 1 is 1.19 bits per heavy atom. The van der Waals surface area contributed by atoms with Crippen molar-refractivity contribution in [3.8, 4) is 0 Å².